The van der Waals surface area contributed by atoms with E-state index in [-0.39, 0.29) is 11.9 Å². The molecule has 82 valence electrons. The fraction of sp³-hybridized carbons (Fsp3) is 0.636. The van der Waals surface area contributed by atoms with Gasteiger partial charge in [0, 0.05) is 25.5 Å². The van der Waals surface area contributed by atoms with Gasteiger partial charge in [0.15, 0.2) is 5.78 Å². The Kier molecular flexibility index (Phi) is 3.16. The number of carbonyl (C=O) groups excluding carboxylic acids is 1. The Morgan fingerprint density at radius 1 is 1.73 bits per heavy atom. The first-order valence-corrected chi connectivity index (χ1v) is 5.45. The van der Waals surface area contributed by atoms with Crippen LogP contribution in [0, 0.1) is 0 Å². The van der Waals surface area contributed by atoms with Crippen molar-refractivity contribution in [2.24, 2.45) is 0 Å². The predicted molar refractivity (Wildman–Crippen MR) is 55.6 cm³/mol. The highest BCUT2D eigenvalue weighted by atomic mass is 16.5. The average molecular weight is 208 g/mol. The molecule has 1 saturated heterocycles. The number of ketones is 1. The minimum atomic E-state index is -0.188. The highest BCUT2D eigenvalue weighted by molar-refractivity contribution is 5.84. The first-order chi connectivity index (χ1) is 7.31. The summed E-state index contributed by atoms with van der Waals surface area (Å²) < 4.78 is 7.34. The highest BCUT2D eigenvalue weighted by Gasteiger charge is 2.24. The molecule has 2 rings (SSSR count). The zero-order chi connectivity index (χ0) is 10.7. The van der Waals surface area contributed by atoms with Gasteiger partial charge in [0.2, 0.25) is 0 Å². The molecule has 1 aromatic heterocycles. The van der Waals surface area contributed by atoms with Crippen molar-refractivity contribution in [2.45, 2.75) is 38.8 Å². The molecule has 0 saturated carbocycles. The zero-order valence-corrected chi connectivity index (χ0v) is 8.98. The molecule has 1 fully saturated rings. The van der Waals surface area contributed by atoms with Crippen molar-refractivity contribution >= 4 is 5.78 Å². The van der Waals surface area contributed by atoms with E-state index in [1.165, 1.54) is 0 Å². The van der Waals surface area contributed by atoms with E-state index in [9.17, 15) is 4.79 Å². The van der Waals surface area contributed by atoms with Crippen molar-refractivity contribution in [1.82, 2.24) is 9.55 Å². The first kappa shape index (κ1) is 10.4. The quantitative estimate of drug-likeness (QED) is 0.746. The number of ether oxygens (including phenoxy) is 1. The molecule has 4 nitrogen and oxygen atoms in total. The maximum Gasteiger partial charge on any atom is 0.169 e. The summed E-state index contributed by atoms with van der Waals surface area (Å²) in [6, 6.07) is 0. The van der Waals surface area contributed by atoms with Gasteiger partial charge in [0.1, 0.15) is 11.9 Å². The fourth-order valence-corrected chi connectivity index (χ4v) is 1.90. The van der Waals surface area contributed by atoms with Crippen LogP contribution in [0.4, 0.5) is 0 Å². The SMILES string of the molecule is CCn1ccnc1CC(=O)C1CCCO1. The fourth-order valence-electron chi connectivity index (χ4n) is 1.90. The number of Topliss-reactive ketones (excluding diaryl/α,β-unsaturated/α-hetero) is 1. The summed E-state index contributed by atoms with van der Waals surface area (Å²) in [4.78, 5) is 16.0. The second-order valence-electron chi connectivity index (χ2n) is 3.77. The summed E-state index contributed by atoms with van der Waals surface area (Å²) in [5.41, 5.74) is 0. The number of nitrogens with zero attached hydrogens (tertiary/aromatic N) is 2. The van der Waals surface area contributed by atoms with Gasteiger partial charge >= 0.3 is 0 Å². The summed E-state index contributed by atoms with van der Waals surface area (Å²) in [6.45, 7) is 3.62. The largest absolute Gasteiger partial charge is 0.370 e. The van der Waals surface area contributed by atoms with Crippen LogP contribution >= 0.6 is 0 Å². The van der Waals surface area contributed by atoms with E-state index in [2.05, 4.69) is 4.98 Å². The van der Waals surface area contributed by atoms with E-state index in [0.29, 0.717) is 6.42 Å². The lowest BCUT2D eigenvalue weighted by atomic mass is 10.1. The van der Waals surface area contributed by atoms with E-state index in [1.807, 2.05) is 17.7 Å². The molecular weight excluding hydrogens is 192 g/mol. The Hall–Kier alpha value is -1.16. The molecule has 1 aliphatic rings. The molecular formula is C11H16N2O2. The first-order valence-electron chi connectivity index (χ1n) is 5.45. The molecule has 1 aromatic rings. The number of aromatic nitrogens is 2. The van der Waals surface area contributed by atoms with Crippen LogP contribution in [0.2, 0.25) is 0 Å². The third-order valence-electron chi connectivity index (χ3n) is 2.76. The van der Waals surface area contributed by atoms with E-state index in [4.69, 9.17) is 4.74 Å². The second-order valence-corrected chi connectivity index (χ2v) is 3.77. The van der Waals surface area contributed by atoms with Crippen LogP contribution in [0.5, 0.6) is 0 Å². The van der Waals surface area contributed by atoms with Gasteiger partial charge in [0.05, 0.1) is 6.42 Å². The maximum absolute atomic E-state index is 11.8. The third-order valence-corrected chi connectivity index (χ3v) is 2.76. The van der Waals surface area contributed by atoms with Crippen molar-refractivity contribution < 1.29 is 9.53 Å². The molecule has 0 bridgehead atoms. The van der Waals surface area contributed by atoms with E-state index < -0.39 is 0 Å². The molecule has 1 aliphatic heterocycles. The van der Waals surface area contributed by atoms with E-state index in [1.54, 1.807) is 6.20 Å². The number of rotatable bonds is 4. The molecule has 0 spiro atoms. The van der Waals surface area contributed by atoms with E-state index in [0.717, 1.165) is 31.8 Å². The molecule has 0 aliphatic carbocycles. The Morgan fingerprint density at radius 2 is 2.60 bits per heavy atom. The molecule has 0 N–H and O–H groups in total. The highest BCUT2D eigenvalue weighted by Crippen LogP contribution is 2.14. The van der Waals surface area contributed by atoms with E-state index >= 15 is 0 Å². The minimum absolute atomic E-state index is 0.161. The van der Waals surface area contributed by atoms with Crippen LogP contribution in [0.25, 0.3) is 0 Å². The van der Waals surface area contributed by atoms with Gasteiger partial charge in [-0.1, -0.05) is 0 Å². The van der Waals surface area contributed by atoms with Crippen molar-refractivity contribution in [3.8, 4) is 0 Å². The van der Waals surface area contributed by atoms with Crippen molar-refractivity contribution in [3.63, 3.8) is 0 Å². The van der Waals surface area contributed by atoms with Gasteiger partial charge in [-0.2, -0.15) is 0 Å². The van der Waals surface area contributed by atoms with Gasteiger partial charge in [0.25, 0.3) is 0 Å². The number of carbonyl (C=O) groups is 1. The van der Waals surface area contributed by atoms with Gasteiger partial charge in [-0.3, -0.25) is 4.79 Å². The van der Waals surface area contributed by atoms with Crippen LogP contribution < -0.4 is 0 Å². The molecule has 1 unspecified atom stereocenters. The second kappa shape index (κ2) is 4.57. The Bertz CT molecular complexity index is 340. The standard InChI is InChI=1S/C11H16N2O2/c1-2-13-6-5-12-11(13)8-9(14)10-4-3-7-15-10/h5-6,10H,2-4,7-8H2,1H3. The van der Waals surface area contributed by atoms with Crippen LogP contribution in [-0.2, 0) is 22.5 Å². The molecule has 0 radical (unpaired) electrons. The maximum atomic E-state index is 11.8. The lowest BCUT2D eigenvalue weighted by Crippen LogP contribution is -2.23. The topological polar surface area (TPSA) is 44.1 Å². The lowest BCUT2D eigenvalue weighted by molar-refractivity contribution is -0.127. The third kappa shape index (κ3) is 2.26. The molecule has 0 amide bonds. The Balaban J connectivity index is 1.98. The van der Waals surface area contributed by atoms with Gasteiger partial charge in [-0.25, -0.2) is 4.98 Å². The van der Waals surface area contributed by atoms with Crippen LogP contribution in [0.3, 0.4) is 0 Å². The summed E-state index contributed by atoms with van der Waals surface area (Å²) in [7, 11) is 0. The number of hydrogen-bond acceptors (Lipinski definition) is 3. The monoisotopic (exact) mass is 208 g/mol. The minimum Gasteiger partial charge on any atom is -0.370 e. The summed E-state index contributed by atoms with van der Waals surface area (Å²) in [5.74, 6) is 1.01. The molecule has 4 heteroatoms. The smallest absolute Gasteiger partial charge is 0.169 e. The van der Waals surface area contributed by atoms with Gasteiger partial charge in [-0.05, 0) is 19.8 Å². The van der Waals surface area contributed by atoms with Crippen LogP contribution in [0.15, 0.2) is 12.4 Å². The predicted octanol–water partition coefficient (Wildman–Crippen LogP) is 1.19. The normalized spacial score (nSPS) is 20.7. The summed E-state index contributed by atoms with van der Waals surface area (Å²) in [6.07, 6.45) is 5.71. The molecule has 15 heavy (non-hydrogen) atoms. The molecule has 2 heterocycles. The van der Waals surface area contributed by atoms with Gasteiger partial charge in [-0.15, -0.1) is 0 Å². The molecule has 1 atom stereocenters. The van der Waals surface area contributed by atoms with Crippen LogP contribution in [0.1, 0.15) is 25.6 Å². The summed E-state index contributed by atoms with van der Waals surface area (Å²) in [5, 5.41) is 0. The zero-order valence-electron chi connectivity index (χ0n) is 8.98. The average Bonchev–Trinajstić information content (AvgIpc) is 2.87. The lowest BCUT2D eigenvalue weighted by Gasteiger charge is -2.08. The Morgan fingerprint density at radius 3 is 3.27 bits per heavy atom. The van der Waals surface area contributed by atoms with Crippen LogP contribution in [-0.4, -0.2) is 28.0 Å². The van der Waals surface area contributed by atoms with Crippen molar-refractivity contribution in [2.75, 3.05) is 6.61 Å². The Labute approximate surface area is 89.3 Å². The number of aryl methyl sites for hydroxylation is 1. The summed E-state index contributed by atoms with van der Waals surface area (Å²) >= 11 is 0. The number of imidazole rings is 1. The van der Waals surface area contributed by atoms with Gasteiger partial charge < -0.3 is 9.30 Å². The van der Waals surface area contributed by atoms with Crippen molar-refractivity contribution in [3.05, 3.63) is 18.2 Å². The van der Waals surface area contributed by atoms with Crippen molar-refractivity contribution in [1.29, 1.82) is 0 Å². The molecule has 0 aromatic carbocycles. The number of hydrogen-bond donors (Lipinski definition) is 0.